The standard InChI is InChI=1S/C49H32ClNS2/c50-32-23-27-45-41(29-32)49(39-20-10-7-17-36(39)37-18-8-11-21-40(37)49)42-30-34(24-28-46(42)52-45)51(33-15-5-2-6-16-33)43-26-25-35(31-13-3-1-4-14-31)48-47(43)38-19-9-12-22-44(38)53-48/h2-3,5-30H,1,4H2. The molecule has 0 N–H and O–H groups in total. The number of para-hydroxylation sites is 1. The highest BCUT2D eigenvalue weighted by atomic mass is 35.5. The highest BCUT2D eigenvalue weighted by Crippen LogP contribution is 2.63. The van der Waals surface area contributed by atoms with Crippen molar-refractivity contribution in [3.8, 4) is 11.1 Å². The normalized spacial score (nSPS) is 14.8. The summed E-state index contributed by atoms with van der Waals surface area (Å²) in [5, 5.41) is 3.34. The monoisotopic (exact) mass is 733 g/mol. The number of nitrogens with zero attached hydrogens (tertiary/aromatic N) is 1. The molecule has 0 bridgehead atoms. The molecule has 4 heteroatoms. The van der Waals surface area contributed by atoms with Gasteiger partial charge >= 0.3 is 0 Å². The lowest BCUT2D eigenvalue weighted by atomic mass is 9.67. The fraction of sp³-hybridized carbons (Fsp3) is 0.0612. The maximum Gasteiger partial charge on any atom is 0.0736 e. The van der Waals surface area contributed by atoms with Gasteiger partial charge in [0.2, 0.25) is 0 Å². The lowest BCUT2D eigenvalue weighted by molar-refractivity contribution is 0.722. The van der Waals surface area contributed by atoms with Crippen LogP contribution in [-0.2, 0) is 5.41 Å². The van der Waals surface area contributed by atoms with Gasteiger partial charge in [-0.1, -0.05) is 133 Å². The van der Waals surface area contributed by atoms with Gasteiger partial charge in [-0.25, -0.2) is 0 Å². The van der Waals surface area contributed by atoms with E-state index in [0.717, 1.165) is 29.2 Å². The summed E-state index contributed by atoms with van der Waals surface area (Å²) in [5.74, 6) is 0. The molecule has 8 aromatic rings. The van der Waals surface area contributed by atoms with Gasteiger partial charge in [-0.2, -0.15) is 0 Å². The number of fused-ring (bicyclic) bond motifs is 12. The zero-order chi connectivity index (χ0) is 35.1. The van der Waals surface area contributed by atoms with Gasteiger partial charge in [-0.05, 0) is 118 Å². The Hall–Kier alpha value is -5.32. The minimum Gasteiger partial charge on any atom is -0.310 e. The Balaban J connectivity index is 1.22. The molecule has 252 valence electrons. The largest absolute Gasteiger partial charge is 0.310 e. The topological polar surface area (TPSA) is 3.24 Å². The van der Waals surface area contributed by atoms with E-state index in [-0.39, 0.29) is 0 Å². The second-order valence-electron chi connectivity index (χ2n) is 14.0. The second-order valence-corrected chi connectivity index (χ2v) is 16.6. The maximum atomic E-state index is 6.90. The molecule has 0 saturated heterocycles. The average molecular weight is 734 g/mol. The lowest BCUT2D eigenvalue weighted by Crippen LogP contribution is -2.32. The molecule has 0 saturated carbocycles. The molecule has 2 heterocycles. The number of hydrogen-bond donors (Lipinski definition) is 0. The van der Waals surface area contributed by atoms with Crippen LogP contribution in [0.4, 0.5) is 17.1 Å². The molecule has 0 fully saturated rings. The van der Waals surface area contributed by atoms with Crippen LogP contribution >= 0.6 is 34.7 Å². The van der Waals surface area contributed by atoms with Crippen molar-refractivity contribution in [2.45, 2.75) is 28.0 Å². The van der Waals surface area contributed by atoms with E-state index in [1.165, 1.54) is 80.2 Å². The van der Waals surface area contributed by atoms with Crippen molar-refractivity contribution < 1.29 is 0 Å². The molecule has 2 aliphatic carbocycles. The number of anilines is 3. The SMILES string of the molecule is Clc1ccc2c(c1)C1(c3cc(N(c4ccccc4)c4ccc(C5=CCCC=C5)c5sc6ccccc6c45)ccc3S2)c2ccccc2-c2ccccc21. The molecule has 1 nitrogen and oxygen atoms in total. The van der Waals surface area contributed by atoms with E-state index in [1.807, 2.05) is 29.2 Å². The molecule has 1 aliphatic heterocycles. The zero-order valence-electron chi connectivity index (χ0n) is 28.7. The fourth-order valence-electron chi connectivity index (χ4n) is 9.04. The minimum absolute atomic E-state index is 0.527. The molecule has 3 aliphatic rings. The molecule has 0 unspecified atom stereocenters. The van der Waals surface area contributed by atoms with Gasteiger partial charge in [0.15, 0.2) is 0 Å². The molecule has 0 atom stereocenters. The van der Waals surface area contributed by atoms with Crippen molar-refractivity contribution >= 4 is 77.5 Å². The Labute approximate surface area is 322 Å². The lowest BCUT2D eigenvalue weighted by Gasteiger charge is -2.40. The Bertz CT molecular complexity index is 2800. The first-order valence-electron chi connectivity index (χ1n) is 18.2. The first kappa shape index (κ1) is 31.2. The van der Waals surface area contributed by atoms with Gasteiger partial charge < -0.3 is 4.90 Å². The van der Waals surface area contributed by atoms with E-state index >= 15 is 0 Å². The maximum absolute atomic E-state index is 6.90. The summed E-state index contributed by atoms with van der Waals surface area (Å²) in [6.45, 7) is 0. The van der Waals surface area contributed by atoms with Crippen molar-refractivity contribution in [1.82, 2.24) is 0 Å². The Kier molecular flexibility index (Phi) is 7.14. The van der Waals surface area contributed by atoms with Crippen LogP contribution in [0.1, 0.15) is 40.7 Å². The van der Waals surface area contributed by atoms with E-state index in [2.05, 4.69) is 169 Å². The van der Waals surface area contributed by atoms with Crippen molar-refractivity contribution in [1.29, 1.82) is 0 Å². The van der Waals surface area contributed by atoms with Gasteiger partial charge in [-0.3, -0.25) is 0 Å². The number of halogens is 1. The molecule has 1 spiro atoms. The summed E-state index contributed by atoms with van der Waals surface area (Å²) < 4.78 is 2.63. The first-order chi connectivity index (χ1) is 26.2. The number of rotatable bonds is 4. The van der Waals surface area contributed by atoms with E-state index < -0.39 is 5.41 Å². The van der Waals surface area contributed by atoms with E-state index in [4.69, 9.17) is 11.6 Å². The molecular formula is C49H32ClNS2. The van der Waals surface area contributed by atoms with E-state index in [1.54, 1.807) is 0 Å². The number of allylic oxidation sites excluding steroid dienone is 4. The number of thiophene rings is 1. The van der Waals surface area contributed by atoms with Crippen molar-refractivity contribution in [3.05, 3.63) is 203 Å². The number of hydrogen-bond acceptors (Lipinski definition) is 3. The fourth-order valence-corrected chi connectivity index (χ4v) is 11.6. The third-order valence-electron chi connectivity index (χ3n) is 11.2. The predicted octanol–water partition coefficient (Wildman–Crippen LogP) is 14.7. The summed E-state index contributed by atoms with van der Waals surface area (Å²) in [7, 11) is 0. The van der Waals surface area contributed by atoms with E-state index in [0.29, 0.717) is 0 Å². The highest BCUT2D eigenvalue weighted by Gasteiger charge is 2.50. The third kappa shape index (κ3) is 4.58. The second kappa shape index (κ2) is 12.1. The Morgan fingerprint density at radius 1 is 0.566 bits per heavy atom. The molecular weight excluding hydrogens is 702 g/mol. The van der Waals surface area contributed by atoms with Gasteiger partial charge in [0.05, 0.1) is 11.1 Å². The van der Waals surface area contributed by atoms with Crippen LogP contribution in [0.25, 0.3) is 36.9 Å². The minimum atomic E-state index is -0.527. The van der Waals surface area contributed by atoms with Crippen LogP contribution in [0.5, 0.6) is 0 Å². The summed E-state index contributed by atoms with van der Waals surface area (Å²) in [6, 6.07) is 56.0. The van der Waals surface area contributed by atoms with Gasteiger partial charge in [0, 0.05) is 46.4 Å². The van der Waals surface area contributed by atoms with Crippen LogP contribution < -0.4 is 4.90 Å². The van der Waals surface area contributed by atoms with Gasteiger partial charge in [0.25, 0.3) is 0 Å². The first-order valence-corrected chi connectivity index (χ1v) is 20.2. The Morgan fingerprint density at radius 2 is 1.26 bits per heavy atom. The van der Waals surface area contributed by atoms with Crippen LogP contribution in [0.2, 0.25) is 5.02 Å². The van der Waals surface area contributed by atoms with Crippen molar-refractivity contribution in [2.75, 3.05) is 4.90 Å². The van der Waals surface area contributed by atoms with Crippen LogP contribution in [-0.4, -0.2) is 0 Å². The summed E-state index contributed by atoms with van der Waals surface area (Å²) in [4.78, 5) is 4.99. The molecule has 53 heavy (non-hydrogen) atoms. The zero-order valence-corrected chi connectivity index (χ0v) is 31.1. The highest BCUT2D eigenvalue weighted by molar-refractivity contribution is 7.99. The molecule has 1 aromatic heterocycles. The summed E-state index contributed by atoms with van der Waals surface area (Å²) in [5.41, 5.74) is 13.2. The van der Waals surface area contributed by atoms with Crippen LogP contribution in [0, 0.1) is 0 Å². The van der Waals surface area contributed by atoms with Gasteiger partial charge in [-0.15, -0.1) is 11.3 Å². The number of benzene rings is 7. The van der Waals surface area contributed by atoms with Crippen molar-refractivity contribution in [3.63, 3.8) is 0 Å². The van der Waals surface area contributed by atoms with Crippen LogP contribution in [0.15, 0.2) is 180 Å². The molecule has 11 rings (SSSR count). The third-order valence-corrected chi connectivity index (χ3v) is 13.8. The van der Waals surface area contributed by atoms with E-state index in [9.17, 15) is 0 Å². The molecule has 7 aromatic carbocycles. The Morgan fingerprint density at radius 3 is 2.04 bits per heavy atom. The van der Waals surface area contributed by atoms with Gasteiger partial charge in [0.1, 0.15) is 0 Å². The van der Waals surface area contributed by atoms with Crippen molar-refractivity contribution in [2.24, 2.45) is 0 Å². The summed E-state index contributed by atoms with van der Waals surface area (Å²) >= 11 is 10.6. The summed E-state index contributed by atoms with van der Waals surface area (Å²) in [6.07, 6.45) is 9.19. The van der Waals surface area contributed by atoms with Crippen LogP contribution in [0.3, 0.4) is 0 Å². The smallest absolute Gasteiger partial charge is 0.0736 e. The average Bonchev–Trinajstić information content (AvgIpc) is 3.75. The molecule has 0 amide bonds. The predicted molar refractivity (Wildman–Crippen MR) is 227 cm³/mol. The molecule has 0 radical (unpaired) electrons. The quantitative estimate of drug-likeness (QED) is 0.177.